The quantitative estimate of drug-likeness (QED) is 0.660. The summed E-state index contributed by atoms with van der Waals surface area (Å²) in [7, 11) is 0. The second-order valence-corrected chi connectivity index (χ2v) is 7.97. The molecule has 7 heteroatoms. The summed E-state index contributed by atoms with van der Waals surface area (Å²) in [6, 6.07) is 7.46. The van der Waals surface area contributed by atoms with E-state index in [1.807, 2.05) is 23.2 Å². The zero-order valence-corrected chi connectivity index (χ0v) is 16.9. The van der Waals surface area contributed by atoms with Gasteiger partial charge in [-0.3, -0.25) is 9.78 Å². The van der Waals surface area contributed by atoms with Gasteiger partial charge in [0.15, 0.2) is 5.76 Å². The number of carbonyl (C=O) groups is 1. The Labute approximate surface area is 175 Å². The topological polar surface area (TPSA) is 75.4 Å². The van der Waals surface area contributed by atoms with Crippen LogP contribution in [-0.2, 0) is 0 Å². The number of pyridine rings is 1. The molecule has 30 heavy (non-hydrogen) atoms. The van der Waals surface area contributed by atoms with Crippen molar-refractivity contribution in [2.45, 2.75) is 31.6 Å². The van der Waals surface area contributed by atoms with Gasteiger partial charge in [0.05, 0.1) is 12.0 Å². The van der Waals surface area contributed by atoms with E-state index in [1.165, 1.54) is 12.8 Å². The van der Waals surface area contributed by atoms with Crippen LogP contribution in [0, 0.1) is 0 Å². The third-order valence-electron chi connectivity index (χ3n) is 6.01. The second kappa shape index (κ2) is 8.26. The highest BCUT2D eigenvalue weighted by molar-refractivity contribution is 5.91. The predicted octanol–water partition coefficient (Wildman–Crippen LogP) is 3.75. The number of carbonyl (C=O) groups excluding carboxylic acids is 1. The van der Waals surface area contributed by atoms with Crippen LogP contribution < -0.4 is 4.90 Å². The average Bonchev–Trinajstić information content (AvgIpc) is 3.53. The predicted molar refractivity (Wildman–Crippen MR) is 113 cm³/mol. The van der Waals surface area contributed by atoms with E-state index in [0.29, 0.717) is 12.3 Å². The summed E-state index contributed by atoms with van der Waals surface area (Å²) in [5.41, 5.74) is 3.11. The second-order valence-electron chi connectivity index (χ2n) is 7.97. The lowest BCUT2D eigenvalue weighted by Gasteiger charge is -2.33. The summed E-state index contributed by atoms with van der Waals surface area (Å²) in [5.74, 6) is 1.30. The largest absolute Gasteiger partial charge is 0.459 e. The van der Waals surface area contributed by atoms with E-state index in [0.717, 1.165) is 55.2 Å². The Hall–Kier alpha value is -3.22. The summed E-state index contributed by atoms with van der Waals surface area (Å²) >= 11 is 0. The van der Waals surface area contributed by atoms with Crippen molar-refractivity contribution in [3.05, 3.63) is 60.6 Å². The summed E-state index contributed by atoms with van der Waals surface area (Å²) in [4.78, 5) is 30.9. The van der Waals surface area contributed by atoms with Gasteiger partial charge in [-0.25, -0.2) is 9.97 Å². The van der Waals surface area contributed by atoms with Gasteiger partial charge in [-0.05, 0) is 55.5 Å². The summed E-state index contributed by atoms with van der Waals surface area (Å²) < 4.78 is 5.34. The molecule has 1 amide bonds. The van der Waals surface area contributed by atoms with Crippen molar-refractivity contribution >= 4 is 11.9 Å². The summed E-state index contributed by atoms with van der Waals surface area (Å²) in [5, 5.41) is 0. The van der Waals surface area contributed by atoms with Crippen molar-refractivity contribution in [3.63, 3.8) is 0 Å². The highest BCUT2D eigenvalue weighted by Gasteiger charge is 2.30. The molecule has 1 atom stereocenters. The third kappa shape index (κ3) is 3.67. The summed E-state index contributed by atoms with van der Waals surface area (Å²) in [6.45, 7) is 3.38. The molecule has 0 saturated carbocycles. The van der Waals surface area contributed by atoms with Crippen molar-refractivity contribution < 1.29 is 9.21 Å². The highest BCUT2D eigenvalue weighted by Crippen LogP contribution is 2.34. The molecule has 0 aliphatic carbocycles. The molecular weight excluding hydrogens is 378 g/mol. The Morgan fingerprint density at radius 2 is 1.90 bits per heavy atom. The van der Waals surface area contributed by atoms with Crippen LogP contribution >= 0.6 is 0 Å². The molecule has 2 aliphatic heterocycles. The molecule has 0 aromatic carbocycles. The SMILES string of the molecule is O=C(c1ccco1)N1CCC[C@@H](c2nc(N3CCCC3)ncc2-c2ccncc2)C1. The van der Waals surface area contributed by atoms with Gasteiger partial charge in [-0.2, -0.15) is 0 Å². The molecule has 3 aromatic rings. The first kappa shape index (κ1) is 18.8. The van der Waals surface area contributed by atoms with E-state index in [-0.39, 0.29) is 11.8 Å². The van der Waals surface area contributed by atoms with Gasteiger partial charge in [0.25, 0.3) is 5.91 Å². The lowest BCUT2D eigenvalue weighted by atomic mass is 9.90. The zero-order chi connectivity index (χ0) is 20.3. The van der Waals surface area contributed by atoms with Crippen molar-refractivity contribution in [3.8, 4) is 11.1 Å². The van der Waals surface area contributed by atoms with Gasteiger partial charge in [0, 0.05) is 56.3 Å². The number of amides is 1. The smallest absolute Gasteiger partial charge is 0.289 e. The van der Waals surface area contributed by atoms with Crippen LogP contribution in [0.15, 0.2) is 53.5 Å². The maximum atomic E-state index is 12.9. The van der Waals surface area contributed by atoms with Gasteiger partial charge in [0.2, 0.25) is 5.95 Å². The lowest BCUT2D eigenvalue weighted by Crippen LogP contribution is -2.39. The fourth-order valence-corrected chi connectivity index (χ4v) is 4.46. The molecule has 0 bridgehead atoms. The number of furan rings is 1. The molecule has 2 aliphatic rings. The Bertz CT molecular complexity index is 1000. The maximum absolute atomic E-state index is 12.9. The van der Waals surface area contributed by atoms with Crippen molar-refractivity contribution in [2.24, 2.45) is 0 Å². The molecule has 5 heterocycles. The van der Waals surface area contributed by atoms with Crippen LogP contribution in [0.25, 0.3) is 11.1 Å². The molecule has 7 nitrogen and oxygen atoms in total. The first-order valence-electron chi connectivity index (χ1n) is 10.6. The molecule has 2 fully saturated rings. The Morgan fingerprint density at radius 3 is 2.67 bits per heavy atom. The number of hydrogen-bond acceptors (Lipinski definition) is 6. The first-order valence-corrected chi connectivity index (χ1v) is 10.6. The normalized spacial score (nSPS) is 19.3. The molecule has 0 radical (unpaired) electrons. The van der Waals surface area contributed by atoms with E-state index >= 15 is 0 Å². The number of piperidine rings is 1. The number of anilines is 1. The highest BCUT2D eigenvalue weighted by atomic mass is 16.3. The Kier molecular flexibility index (Phi) is 5.17. The van der Waals surface area contributed by atoms with E-state index in [1.54, 1.807) is 30.8 Å². The fraction of sp³-hybridized carbons (Fsp3) is 0.391. The Morgan fingerprint density at radius 1 is 1.07 bits per heavy atom. The standard InChI is InChI=1S/C23H25N5O2/c29-22(20-6-4-14-30-20)28-13-3-5-18(16-28)21-19(17-7-9-24-10-8-17)15-25-23(26-21)27-11-1-2-12-27/h4,6-10,14-15,18H,1-3,5,11-13,16H2/t18-/m1/s1. The van der Waals surface area contributed by atoms with Gasteiger partial charge in [-0.15, -0.1) is 0 Å². The van der Waals surface area contributed by atoms with Gasteiger partial charge in [-0.1, -0.05) is 0 Å². The molecule has 0 N–H and O–H groups in total. The minimum atomic E-state index is -0.0519. The first-order chi connectivity index (χ1) is 14.8. The molecule has 0 unspecified atom stereocenters. The molecule has 0 spiro atoms. The number of hydrogen-bond donors (Lipinski definition) is 0. The van der Waals surface area contributed by atoms with Crippen molar-refractivity contribution in [1.82, 2.24) is 19.9 Å². The monoisotopic (exact) mass is 403 g/mol. The van der Waals surface area contributed by atoms with Crippen LogP contribution in [0.1, 0.15) is 47.8 Å². The molecular formula is C23H25N5O2. The van der Waals surface area contributed by atoms with E-state index < -0.39 is 0 Å². The third-order valence-corrected chi connectivity index (χ3v) is 6.01. The van der Waals surface area contributed by atoms with E-state index in [4.69, 9.17) is 9.40 Å². The zero-order valence-electron chi connectivity index (χ0n) is 16.9. The number of likely N-dealkylation sites (tertiary alicyclic amines) is 1. The van der Waals surface area contributed by atoms with Gasteiger partial charge in [0.1, 0.15) is 0 Å². The van der Waals surface area contributed by atoms with Crippen molar-refractivity contribution in [1.29, 1.82) is 0 Å². The van der Waals surface area contributed by atoms with Gasteiger partial charge < -0.3 is 14.2 Å². The van der Waals surface area contributed by atoms with Crippen LogP contribution in [0.2, 0.25) is 0 Å². The lowest BCUT2D eigenvalue weighted by molar-refractivity contribution is 0.0674. The maximum Gasteiger partial charge on any atom is 0.289 e. The number of nitrogens with zero attached hydrogens (tertiary/aromatic N) is 5. The van der Waals surface area contributed by atoms with Crippen molar-refractivity contribution in [2.75, 3.05) is 31.1 Å². The Balaban J connectivity index is 1.49. The molecule has 5 rings (SSSR count). The van der Waals surface area contributed by atoms with Crippen LogP contribution in [0.3, 0.4) is 0 Å². The van der Waals surface area contributed by atoms with E-state index in [2.05, 4.69) is 14.9 Å². The van der Waals surface area contributed by atoms with Gasteiger partial charge >= 0.3 is 0 Å². The number of rotatable bonds is 4. The summed E-state index contributed by atoms with van der Waals surface area (Å²) in [6.07, 6.45) is 11.4. The average molecular weight is 403 g/mol. The van der Waals surface area contributed by atoms with E-state index in [9.17, 15) is 4.79 Å². The molecule has 3 aromatic heterocycles. The molecule has 2 saturated heterocycles. The van der Waals surface area contributed by atoms with Crippen LogP contribution in [-0.4, -0.2) is 51.9 Å². The minimum absolute atomic E-state index is 0.0519. The van der Waals surface area contributed by atoms with Crippen LogP contribution in [0.4, 0.5) is 5.95 Å². The number of aromatic nitrogens is 3. The fourth-order valence-electron chi connectivity index (χ4n) is 4.46. The molecule has 154 valence electrons. The van der Waals surface area contributed by atoms with Crippen LogP contribution in [0.5, 0.6) is 0 Å². The minimum Gasteiger partial charge on any atom is -0.459 e.